The highest BCUT2D eigenvalue weighted by atomic mass is 35.5. The van der Waals surface area contributed by atoms with E-state index in [2.05, 4.69) is 15.8 Å². The molecule has 0 bridgehead atoms. The van der Waals surface area contributed by atoms with E-state index in [4.69, 9.17) is 11.6 Å². The van der Waals surface area contributed by atoms with Crippen LogP contribution in [0, 0.1) is 0 Å². The summed E-state index contributed by atoms with van der Waals surface area (Å²) in [5, 5.41) is 7.58. The lowest BCUT2D eigenvalue weighted by atomic mass is 10.2. The van der Waals surface area contributed by atoms with Gasteiger partial charge in [-0.1, -0.05) is 11.6 Å². The van der Waals surface area contributed by atoms with Crippen molar-refractivity contribution >= 4 is 28.9 Å². The Morgan fingerprint density at radius 1 is 1.40 bits per heavy atom. The van der Waals surface area contributed by atoms with Gasteiger partial charge in [-0.3, -0.25) is 4.79 Å². The van der Waals surface area contributed by atoms with Crippen molar-refractivity contribution in [1.29, 1.82) is 0 Å². The van der Waals surface area contributed by atoms with Crippen molar-refractivity contribution in [3.05, 3.63) is 29.3 Å². The van der Waals surface area contributed by atoms with Crippen LogP contribution >= 0.6 is 11.6 Å². The molecule has 1 unspecified atom stereocenters. The first kappa shape index (κ1) is 9.98. The van der Waals surface area contributed by atoms with Crippen LogP contribution in [-0.4, -0.2) is 17.7 Å². The smallest absolute Gasteiger partial charge is 0.268 e. The van der Waals surface area contributed by atoms with Gasteiger partial charge in [-0.2, -0.15) is 5.10 Å². The van der Waals surface area contributed by atoms with Gasteiger partial charge in [0.25, 0.3) is 5.91 Å². The molecule has 1 aliphatic heterocycles. The molecule has 1 aliphatic rings. The van der Waals surface area contributed by atoms with Gasteiger partial charge in [-0.15, -0.1) is 0 Å². The summed E-state index contributed by atoms with van der Waals surface area (Å²) in [5.74, 6) is -0.137. The Balaban J connectivity index is 2.12. The maximum Gasteiger partial charge on any atom is 0.268 e. The topological polar surface area (TPSA) is 53.5 Å². The van der Waals surface area contributed by atoms with Gasteiger partial charge >= 0.3 is 0 Å². The van der Waals surface area contributed by atoms with E-state index in [0.29, 0.717) is 5.02 Å². The number of amides is 1. The molecule has 2 rings (SSSR count). The van der Waals surface area contributed by atoms with E-state index in [1.807, 2.05) is 12.1 Å². The first-order valence-electron chi connectivity index (χ1n) is 4.53. The van der Waals surface area contributed by atoms with Crippen molar-refractivity contribution in [2.24, 2.45) is 5.10 Å². The molecule has 1 amide bonds. The van der Waals surface area contributed by atoms with Crippen LogP contribution in [0.3, 0.4) is 0 Å². The van der Waals surface area contributed by atoms with Crippen LogP contribution < -0.4 is 10.7 Å². The molecule has 0 aromatic heterocycles. The summed E-state index contributed by atoms with van der Waals surface area (Å²) < 4.78 is 0. The molecule has 78 valence electrons. The van der Waals surface area contributed by atoms with Crippen LogP contribution in [0.15, 0.2) is 29.4 Å². The number of hydrazone groups is 1. The monoisotopic (exact) mass is 223 g/mol. The fourth-order valence-corrected chi connectivity index (χ4v) is 1.47. The Labute approximate surface area is 92.3 Å². The quantitative estimate of drug-likeness (QED) is 0.801. The Morgan fingerprint density at radius 3 is 2.60 bits per heavy atom. The fourth-order valence-electron chi connectivity index (χ4n) is 1.34. The zero-order valence-corrected chi connectivity index (χ0v) is 8.88. The molecule has 1 heterocycles. The van der Waals surface area contributed by atoms with Crippen molar-refractivity contribution in [2.45, 2.75) is 13.0 Å². The number of anilines is 1. The molecule has 2 N–H and O–H groups in total. The molecule has 0 spiro atoms. The molecule has 1 atom stereocenters. The normalized spacial score (nSPS) is 19.7. The van der Waals surface area contributed by atoms with Crippen LogP contribution in [0.4, 0.5) is 5.69 Å². The van der Waals surface area contributed by atoms with Crippen LogP contribution in [-0.2, 0) is 4.79 Å². The van der Waals surface area contributed by atoms with Gasteiger partial charge in [0.15, 0.2) is 0 Å². The van der Waals surface area contributed by atoms with Crippen LogP contribution in [0.5, 0.6) is 0 Å². The Bertz CT molecular complexity index is 413. The van der Waals surface area contributed by atoms with Crippen molar-refractivity contribution in [3.8, 4) is 0 Å². The highest BCUT2D eigenvalue weighted by Gasteiger charge is 2.26. The van der Waals surface area contributed by atoms with E-state index in [0.717, 1.165) is 11.4 Å². The van der Waals surface area contributed by atoms with Gasteiger partial charge in [-0.05, 0) is 31.2 Å². The number of nitrogens with zero attached hydrogens (tertiary/aromatic N) is 1. The van der Waals surface area contributed by atoms with Crippen LogP contribution in [0.1, 0.15) is 6.92 Å². The number of hydrogen-bond acceptors (Lipinski definition) is 3. The maximum atomic E-state index is 11.3. The zero-order valence-electron chi connectivity index (χ0n) is 8.12. The molecule has 1 aromatic carbocycles. The molecule has 0 radical (unpaired) electrons. The van der Waals surface area contributed by atoms with Crippen molar-refractivity contribution in [3.63, 3.8) is 0 Å². The molecule has 0 fully saturated rings. The van der Waals surface area contributed by atoms with Gasteiger partial charge in [0.1, 0.15) is 6.04 Å². The molecule has 15 heavy (non-hydrogen) atoms. The molecule has 4 nitrogen and oxygen atoms in total. The van der Waals surface area contributed by atoms with Gasteiger partial charge in [0, 0.05) is 10.7 Å². The van der Waals surface area contributed by atoms with Gasteiger partial charge in [0.05, 0.1) is 5.71 Å². The third-order valence-electron chi connectivity index (χ3n) is 2.18. The van der Waals surface area contributed by atoms with E-state index in [1.54, 1.807) is 19.1 Å². The molecule has 5 heteroatoms. The summed E-state index contributed by atoms with van der Waals surface area (Å²) in [6.07, 6.45) is 0. The Hall–Kier alpha value is -1.55. The minimum Gasteiger partial charge on any atom is -0.369 e. The molecular weight excluding hydrogens is 214 g/mol. The third kappa shape index (κ3) is 2.10. The number of rotatable bonds is 2. The largest absolute Gasteiger partial charge is 0.369 e. The summed E-state index contributed by atoms with van der Waals surface area (Å²) >= 11 is 5.75. The number of carbonyl (C=O) groups excluding carboxylic acids is 1. The van der Waals surface area contributed by atoms with E-state index in [-0.39, 0.29) is 11.9 Å². The zero-order chi connectivity index (χ0) is 10.8. The minimum absolute atomic E-state index is 0.137. The van der Waals surface area contributed by atoms with Gasteiger partial charge < -0.3 is 5.32 Å². The molecule has 0 aliphatic carbocycles. The molecule has 0 saturated heterocycles. The summed E-state index contributed by atoms with van der Waals surface area (Å²) in [5.41, 5.74) is 3.99. The number of benzene rings is 1. The first-order chi connectivity index (χ1) is 7.16. The number of carbonyl (C=O) groups is 1. The summed E-state index contributed by atoms with van der Waals surface area (Å²) in [4.78, 5) is 11.3. The second-order valence-corrected chi connectivity index (χ2v) is 3.75. The van der Waals surface area contributed by atoms with E-state index in [1.165, 1.54) is 0 Å². The summed E-state index contributed by atoms with van der Waals surface area (Å²) in [6.45, 7) is 1.80. The molecule has 1 aromatic rings. The van der Waals surface area contributed by atoms with Gasteiger partial charge in [-0.25, -0.2) is 5.43 Å². The van der Waals surface area contributed by atoms with E-state index >= 15 is 0 Å². The Morgan fingerprint density at radius 2 is 2.07 bits per heavy atom. The third-order valence-corrected chi connectivity index (χ3v) is 2.43. The average molecular weight is 224 g/mol. The summed E-state index contributed by atoms with van der Waals surface area (Å²) in [7, 11) is 0. The second-order valence-electron chi connectivity index (χ2n) is 3.31. The van der Waals surface area contributed by atoms with Crippen molar-refractivity contribution in [2.75, 3.05) is 5.32 Å². The number of nitrogens with one attached hydrogen (secondary N) is 2. The van der Waals surface area contributed by atoms with Crippen LogP contribution in [0.2, 0.25) is 5.02 Å². The lowest BCUT2D eigenvalue weighted by molar-refractivity contribution is -0.119. The fraction of sp³-hybridized carbons (Fsp3) is 0.200. The van der Waals surface area contributed by atoms with E-state index in [9.17, 15) is 4.79 Å². The molecular formula is C10H10ClN3O. The lowest BCUT2D eigenvalue weighted by Crippen LogP contribution is -2.35. The van der Waals surface area contributed by atoms with Crippen LogP contribution in [0.25, 0.3) is 0 Å². The SMILES string of the molecule is CC1=NNC(=O)C1Nc1ccc(Cl)cc1. The van der Waals surface area contributed by atoms with E-state index < -0.39 is 0 Å². The molecule has 0 saturated carbocycles. The number of halogens is 1. The van der Waals surface area contributed by atoms with Crippen molar-refractivity contribution in [1.82, 2.24) is 5.43 Å². The maximum absolute atomic E-state index is 11.3. The average Bonchev–Trinajstić information content (AvgIpc) is 2.53. The summed E-state index contributed by atoms with van der Waals surface area (Å²) in [6, 6.07) is 6.79. The second kappa shape index (κ2) is 3.90. The predicted octanol–water partition coefficient (Wildman–Crippen LogP) is 1.63. The first-order valence-corrected chi connectivity index (χ1v) is 4.91. The Kier molecular flexibility index (Phi) is 2.60. The van der Waals surface area contributed by atoms with Crippen molar-refractivity contribution < 1.29 is 4.79 Å². The highest BCUT2D eigenvalue weighted by molar-refractivity contribution is 6.30. The number of hydrogen-bond donors (Lipinski definition) is 2. The predicted molar refractivity (Wildman–Crippen MR) is 60.1 cm³/mol. The van der Waals surface area contributed by atoms with Gasteiger partial charge in [0.2, 0.25) is 0 Å². The highest BCUT2D eigenvalue weighted by Crippen LogP contribution is 2.15. The standard InChI is InChI=1S/C10H10ClN3O/c1-6-9(10(15)14-13-6)12-8-4-2-7(11)3-5-8/h2-5,9,12H,1H3,(H,14,15). The minimum atomic E-state index is -0.383. The lowest BCUT2D eigenvalue weighted by Gasteiger charge is -2.11.